The van der Waals surface area contributed by atoms with E-state index in [-0.39, 0.29) is 0 Å². The molecule has 1 heterocycles. The van der Waals surface area contributed by atoms with Gasteiger partial charge in [0.05, 0.1) is 0 Å². The first-order valence-corrected chi connectivity index (χ1v) is 8.49. The quantitative estimate of drug-likeness (QED) is 0.558. The third-order valence-corrected chi connectivity index (χ3v) is 3.88. The van der Waals surface area contributed by atoms with Crippen molar-refractivity contribution in [1.82, 2.24) is 10.3 Å². The van der Waals surface area contributed by atoms with Gasteiger partial charge in [-0.25, -0.2) is 0 Å². The highest BCUT2D eigenvalue weighted by Crippen LogP contribution is 2.12. The Morgan fingerprint density at radius 1 is 0.950 bits per heavy atom. The molecule has 0 aromatic carbocycles. The van der Waals surface area contributed by atoms with Crippen LogP contribution >= 0.6 is 0 Å². The first-order valence-electron chi connectivity index (χ1n) is 8.49. The van der Waals surface area contributed by atoms with Gasteiger partial charge >= 0.3 is 0 Å². The molecule has 0 aliphatic rings. The maximum atomic E-state index is 4.09. The molecule has 0 aliphatic carbocycles. The lowest BCUT2D eigenvalue weighted by Gasteiger charge is -2.17. The van der Waals surface area contributed by atoms with E-state index in [0.29, 0.717) is 6.04 Å². The molecule has 0 bridgehead atoms. The molecule has 0 amide bonds. The van der Waals surface area contributed by atoms with Gasteiger partial charge in [-0.2, -0.15) is 0 Å². The van der Waals surface area contributed by atoms with Crippen LogP contribution in [0.5, 0.6) is 0 Å². The average Bonchev–Trinajstić information content (AvgIpc) is 2.47. The van der Waals surface area contributed by atoms with Crippen molar-refractivity contribution in [2.45, 2.75) is 77.7 Å². The van der Waals surface area contributed by atoms with Crippen molar-refractivity contribution in [2.24, 2.45) is 0 Å². The zero-order chi connectivity index (χ0) is 14.5. The van der Waals surface area contributed by atoms with Crippen LogP contribution in [0.4, 0.5) is 0 Å². The lowest BCUT2D eigenvalue weighted by Crippen LogP contribution is -2.30. The monoisotopic (exact) mass is 276 g/mol. The van der Waals surface area contributed by atoms with E-state index in [2.05, 4.69) is 36.3 Å². The molecule has 0 fully saturated rings. The summed E-state index contributed by atoms with van der Waals surface area (Å²) in [6.07, 6.45) is 16.0. The van der Waals surface area contributed by atoms with E-state index < -0.39 is 0 Å². The fourth-order valence-corrected chi connectivity index (χ4v) is 2.72. The van der Waals surface area contributed by atoms with E-state index in [4.69, 9.17) is 0 Å². The van der Waals surface area contributed by atoms with Crippen molar-refractivity contribution in [3.63, 3.8) is 0 Å². The van der Waals surface area contributed by atoms with Crippen molar-refractivity contribution in [2.75, 3.05) is 6.54 Å². The molecule has 0 spiro atoms. The van der Waals surface area contributed by atoms with Crippen molar-refractivity contribution < 1.29 is 0 Å². The topological polar surface area (TPSA) is 24.9 Å². The Bertz CT molecular complexity index is 310. The van der Waals surface area contributed by atoms with Gasteiger partial charge in [0.15, 0.2) is 0 Å². The van der Waals surface area contributed by atoms with Crippen molar-refractivity contribution in [3.05, 3.63) is 30.1 Å². The number of aromatic nitrogens is 1. The van der Waals surface area contributed by atoms with Gasteiger partial charge in [-0.15, -0.1) is 0 Å². The average molecular weight is 276 g/mol. The second-order valence-electron chi connectivity index (χ2n) is 5.72. The Morgan fingerprint density at radius 3 is 2.25 bits per heavy atom. The number of hydrogen-bond donors (Lipinski definition) is 1. The summed E-state index contributed by atoms with van der Waals surface area (Å²) in [5, 5.41) is 3.62. The fraction of sp³-hybridized carbons (Fsp3) is 0.722. The van der Waals surface area contributed by atoms with Crippen LogP contribution in [0.2, 0.25) is 0 Å². The van der Waals surface area contributed by atoms with E-state index in [1.807, 2.05) is 12.4 Å². The largest absolute Gasteiger partial charge is 0.314 e. The summed E-state index contributed by atoms with van der Waals surface area (Å²) in [7, 11) is 0. The van der Waals surface area contributed by atoms with E-state index in [0.717, 1.165) is 13.0 Å². The van der Waals surface area contributed by atoms with Crippen LogP contribution in [0.1, 0.15) is 70.8 Å². The molecular weight excluding hydrogens is 244 g/mol. The first-order chi connectivity index (χ1) is 9.86. The van der Waals surface area contributed by atoms with Crippen LogP contribution in [0.15, 0.2) is 24.5 Å². The molecule has 20 heavy (non-hydrogen) atoms. The third-order valence-electron chi connectivity index (χ3n) is 3.88. The molecule has 0 aliphatic heterocycles. The van der Waals surface area contributed by atoms with E-state index in [9.17, 15) is 0 Å². The molecule has 1 atom stereocenters. The number of pyridine rings is 1. The van der Waals surface area contributed by atoms with Crippen molar-refractivity contribution in [3.8, 4) is 0 Å². The molecule has 0 radical (unpaired) electrons. The predicted octanol–water partition coefficient (Wildman–Crippen LogP) is 4.74. The highest BCUT2D eigenvalue weighted by Gasteiger charge is 2.07. The molecule has 2 heteroatoms. The van der Waals surface area contributed by atoms with Crippen LogP contribution in [0.3, 0.4) is 0 Å². The van der Waals surface area contributed by atoms with Crippen molar-refractivity contribution >= 4 is 0 Å². The lowest BCUT2D eigenvalue weighted by atomic mass is 10.00. The highest BCUT2D eigenvalue weighted by atomic mass is 14.9. The second kappa shape index (κ2) is 11.9. The van der Waals surface area contributed by atoms with Crippen LogP contribution in [0, 0.1) is 0 Å². The van der Waals surface area contributed by atoms with Gasteiger partial charge in [0, 0.05) is 18.4 Å². The molecule has 0 saturated heterocycles. The minimum absolute atomic E-state index is 0.623. The molecule has 1 aromatic rings. The Hall–Kier alpha value is -0.890. The summed E-state index contributed by atoms with van der Waals surface area (Å²) >= 11 is 0. The smallest absolute Gasteiger partial charge is 0.0270 e. The molecule has 2 nitrogen and oxygen atoms in total. The minimum Gasteiger partial charge on any atom is -0.314 e. The third kappa shape index (κ3) is 8.31. The molecular formula is C18H32N2. The van der Waals surface area contributed by atoms with Gasteiger partial charge in [0.25, 0.3) is 0 Å². The van der Waals surface area contributed by atoms with E-state index in [1.165, 1.54) is 56.9 Å². The zero-order valence-electron chi connectivity index (χ0n) is 13.4. The maximum Gasteiger partial charge on any atom is 0.0270 e. The number of likely N-dealkylation sites (N-methyl/N-ethyl adjacent to an activating group) is 1. The normalized spacial score (nSPS) is 12.5. The number of hydrogen-bond acceptors (Lipinski definition) is 2. The molecule has 1 aromatic heterocycles. The summed E-state index contributed by atoms with van der Waals surface area (Å²) in [5.74, 6) is 0. The fourth-order valence-electron chi connectivity index (χ4n) is 2.72. The Balaban J connectivity index is 2.15. The number of nitrogens with zero attached hydrogens (tertiary/aromatic N) is 1. The molecule has 1 N–H and O–H groups in total. The Kier molecular flexibility index (Phi) is 10.2. The van der Waals surface area contributed by atoms with Crippen LogP contribution in [-0.4, -0.2) is 17.6 Å². The van der Waals surface area contributed by atoms with Crippen molar-refractivity contribution in [1.29, 1.82) is 0 Å². The van der Waals surface area contributed by atoms with Gasteiger partial charge in [0.2, 0.25) is 0 Å². The molecule has 0 saturated carbocycles. The summed E-state index contributed by atoms with van der Waals surface area (Å²) < 4.78 is 0. The van der Waals surface area contributed by atoms with E-state index >= 15 is 0 Å². The maximum absolute atomic E-state index is 4.09. The number of unbranched alkanes of at least 4 members (excludes halogenated alkanes) is 6. The summed E-state index contributed by atoms with van der Waals surface area (Å²) in [6, 6.07) is 4.89. The summed E-state index contributed by atoms with van der Waals surface area (Å²) in [6.45, 7) is 5.54. The summed E-state index contributed by atoms with van der Waals surface area (Å²) in [5.41, 5.74) is 1.40. The van der Waals surface area contributed by atoms with Gasteiger partial charge in [-0.05, 0) is 37.1 Å². The van der Waals surface area contributed by atoms with Crippen LogP contribution in [-0.2, 0) is 6.42 Å². The molecule has 1 unspecified atom stereocenters. The second-order valence-corrected chi connectivity index (χ2v) is 5.72. The number of rotatable bonds is 12. The van der Waals surface area contributed by atoms with Gasteiger partial charge in [-0.3, -0.25) is 4.98 Å². The minimum atomic E-state index is 0.623. The molecule has 1 rings (SSSR count). The Labute approximate surface area is 125 Å². The standard InChI is InChI=1S/C18H32N2/c1-3-5-6-7-8-9-10-11-18(20-4-2)16-17-12-14-19-15-13-17/h12-15,18,20H,3-11,16H2,1-2H3. The van der Waals surface area contributed by atoms with Crippen LogP contribution in [0.25, 0.3) is 0 Å². The van der Waals surface area contributed by atoms with Gasteiger partial charge in [0.1, 0.15) is 0 Å². The Morgan fingerprint density at radius 2 is 1.60 bits per heavy atom. The number of nitrogens with one attached hydrogen (secondary N) is 1. The van der Waals surface area contributed by atoms with Crippen LogP contribution < -0.4 is 5.32 Å². The lowest BCUT2D eigenvalue weighted by molar-refractivity contribution is 0.459. The van der Waals surface area contributed by atoms with Gasteiger partial charge < -0.3 is 5.32 Å². The SMILES string of the molecule is CCCCCCCCCC(Cc1ccncc1)NCC. The van der Waals surface area contributed by atoms with E-state index in [1.54, 1.807) is 0 Å². The molecule has 114 valence electrons. The van der Waals surface area contributed by atoms with Gasteiger partial charge in [-0.1, -0.05) is 58.8 Å². The first kappa shape index (κ1) is 17.2. The highest BCUT2D eigenvalue weighted by molar-refractivity contribution is 5.11. The summed E-state index contributed by atoms with van der Waals surface area (Å²) in [4.78, 5) is 4.09. The predicted molar refractivity (Wildman–Crippen MR) is 88.0 cm³/mol. The zero-order valence-corrected chi connectivity index (χ0v) is 13.4.